The van der Waals surface area contributed by atoms with Gasteiger partial charge >= 0.3 is 5.97 Å². The minimum absolute atomic E-state index is 0.120. The van der Waals surface area contributed by atoms with Gasteiger partial charge in [-0.1, -0.05) is 35.8 Å². The lowest BCUT2D eigenvalue weighted by atomic mass is 10.1. The predicted octanol–water partition coefficient (Wildman–Crippen LogP) is 2.96. The fourth-order valence-corrected chi connectivity index (χ4v) is 2.27. The van der Waals surface area contributed by atoms with Crippen LogP contribution >= 0.6 is 15.9 Å². The minimum atomic E-state index is -0.170. The van der Waals surface area contributed by atoms with Crippen LogP contribution in [-0.2, 0) is 9.53 Å². The monoisotopic (exact) mass is 343 g/mol. The van der Waals surface area contributed by atoms with Gasteiger partial charge in [0, 0.05) is 17.6 Å². The molecule has 0 heterocycles. The number of esters is 1. The van der Waals surface area contributed by atoms with E-state index in [1.807, 2.05) is 31.2 Å². The highest BCUT2D eigenvalue weighted by atomic mass is 79.9. The van der Waals surface area contributed by atoms with Gasteiger partial charge in [-0.25, -0.2) is 0 Å². The molecule has 4 nitrogen and oxygen atoms in total. The molecule has 1 aromatic rings. The summed E-state index contributed by atoms with van der Waals surface area (Å²) in [6.45, 7) is 6.89. The molecule has 1 aromatic carbocycles. The van der Waals surface area contributed by atoms with Crippen molar-refractivity contribution in [2.75, 3.05) is 33.4 Å². The summed E-state index contributed by atoms with van der Waals surface area (Å²) in [5.41, 5.74) is 0. The van der Waals surface area contributed by atoms with Crippen LogP contribution in [-0.4, -0.2) is 44.2 Å². The van der Waals surface area contributed by atoms with Gasteiger partial charge in [-0.3, -0.25) is 9.69 Å². The first-order valence-electron chi connectivity index (χ1n) is 6.75. The zero-order valence-corrected chi connectivity index (χ0v) is 13.9. The molecule has 112 valence electrons. The molecule has 0 spiro atoms. The highest BCUT2D eigenvalue weighted by molar-refractivity contribution is 9.10. The lowest BCUT2D eigenvalue weighted by molar-refractivity contribution is -0.145. The summed E-state index contributed by atoms with van der Waals surface area (Å²) in [6, 6.07) is 7.77. The zero-order valence-electron chi connectivity index (χ0n) is 12.3. The number of ether oxygens (including phenoxy) is 2. The molecule has 0 aliphatic rings. The molecule has 0 bridgehead atoms. The molecule has 5 heteroatoms. The van der Waals surface area contributed by atoms with Crippen molar-refractivity contribution in [2.24, 2.45) is 5.92 Å². The topological polar surface area (TPSA) is 38.8 Å². The van der Waals surface area contributed by atoms with Gasteiger partial charge in [-0.2, -0.15) is 0 Å². The van der Waals surface area contributed by atoms with Crippen LogP contribution in [0.2, 0.25) is 0 Å². The molecule has 0 saturated carbocycles. The first-order valence-corrected chi connectivity index (χ1v) is 7.54. The molecule has 0 aliphatic heterocycles. The maximum atomic E-state index is 11.4. The molecular formula is C15H22BrNO3. The number of hydrogen-bond acceptors (Lipinski definition) is 4. The second kappa shape index (κ2) is 8.97. The standard InChI is InChI=1S/C15H22BrNO3/c1-4-17(11-12(2)15(18)19-3)8-9-20-14-7-5-6-13(16)10-14/h5-7,10,12H,4,8-9,11H2,1-3H3. The number of rotatable bonds is 8. The number of benzene rings is 1. The van der Waals surface area contributed by atoms with Crippen molar-refractivity contribution >= 4 is 21.9 Å². The van der Waals surface area contributed by atoms with E-state index >= 15 is 0 Å². The van der Waals surface area contributed by atoms with Crippen molar-refractivity contribution in [3.8, 4) is 5.75 Å². The number of nitrogens with zero attached hydrogens (tertiary/aromatic N) is 1. The molecule has 0 aliphatic carbocycles. The van der Waals surface area contributed by atoms with Crippen molar-refractivity contribution in [1.82, 2.24) is 4.90 Å². The van der Waals surface area contributed by atoms with Crippen LogP contribution in [0.5, 0.6) is 5.75 Å². The highest BCUT2D eigenvalue weighted by Gasteiger charge is 2.16. The molecule has 0 saturated heterocycles. The first-order chi connectivity index (χ1) is 9.56. The SMILES string of the molecule is CCN(CCOc1cccc(Br)c1)CC(C)C(=O)OC. The van der Waals surface area contributed by atoms with Crippen molar-refractivity contribution in [3.63, 3.8) is 0 Å². The van der Waals surface area contributed by atoms with Crippen LogP contribution in [0.3, 0.4) is 0 Å². The maximum Gasteiger partial charge on any atom is 0.309 e. The Bertz CT molecular complexity index is 425. The van der Waals surface area contributed by atoms with Gasteiger partial charge in [0.25, 0.3) is 0 Å². The number of likely N-dealkylation sites (N-methyl/N-ethyl adjacent to an activating group) is 1. The summed E-state index contributed by atoms with van der Waals surface area (Å²) < 4.78 is 11.4. The molecular weight excluding hydrogens is 322 g/mol. The second-order valence-corrected chi connectivity index (χ2v) is 5.54. The Balaban J connectivity index is 2.36. The van der Waals surface area contributed by atoms with Crippen molar-refractivity contribution in [2.45, 2.75) is 13.8 Å². The lowest BCUT2D eigenvalue weighted by Gasteiger charge is -2.23. The van der Waals surface area contributed by atoms with Gasteiger partial charge in [-0.05, 0) is 24.7 Å². The average molecular weight is 344 g/mol. The first kappa shape index (κ1) is 17.0. The van der Waals surface area contributed by atoms with Crippen molar-refractivity contribution in [3.05, 3.63) is 28.7 Å². The third kappa shape index (κ3) is 5.92. The van der Waals surface area contributed by atoms with Crippen LogP contribution in [0.25, 0.3) is 0 Å². The Morgan fingerprint density at radius 3 is 2.80 bits per heavy atom. The summed E-state index contributed by atoms with van der Waals surface area (Å²) >= 11 is 3.41. The summed E-state index contributed by atoms with van der Waals surface area (Å²) in [4.78, 5) is 13.6. The Hall–Kier alpha value is -1.07. The zero-order chi connectivity index (χ0) is 15.0. The molecule has 0 amide bonds. The van der Waals surface area contributed by atoms with E-state index in [2.05, 4.69) is 27.8 Å². The largest absolute Gasteiger partial charge is 0.492 e. The van der Waals surface area contributed by atoms with E-state index in [0.717, 1.165) is 23.3 Å². The average Bonchev–Trinajstić information content (AvgIpc) is 2.45. The van der Waals surface area contributed by atoms with Crippen LogP contribution in [0.4, 0.5) is 0 Å². The molecule has 1 rings (SSSR count). The second-order valence-electron chi connectivity index (χ2n) is 4.62. The normalized spacial score (nSPS) is 12.2. The number of hydrogen-bond donors (Lipinski definition) is 0. The van der Waals surface area contributed by atoms with Crippen LogP contribution in [0.15, 0.2) is 28.7 Å². The van der Waals surface area contributed by atoms with E-state index in [1.165, 1.54) is 7.11 Å². The van der Waals surface area contributed by atoms with Gasteiger partial charge in [0.2, 0.25) is 0 Å². The van der Waals surface area contributed by atoms with Crippen LogP contribution < -0.4 is 4.74 Å². The van der Waals surface area contributed by atoms with Crippen molar-refractivity contribution < 1.29 is 14.3 Å². The van der Waals surface area contributed by atoms with Gasteiger partial charge in [0.1, 0.15) is 12.4 Å². The Kier molecular flexibility index (Phi) is 7.62. The molecule has 0 N–H and O–H groups in total. The number of carbonyl (C=O) groups excluding carboxylic acids is 1. The minimum Gasteiger partial charge on any atom is -0.492 e. The number of carbonyl (C=O) groups is 1. The smallest absolute Gasteiger partial charge is 0.309 e. The van der Waals surface area contributed by atoms with Gasteiger partial charge in [-0.15, -0.1) is 0 Å². The Morgan fingerprint density at radius 1 is 1.45 bits per heavy atom. The molecule has 20 heavy (non-hydrogen) atoms. The molecule has 0 aromatic heterocycles. The van der Waals surface area contributed by atoms with E-state index in [0.29, 0.717) is 13.2 Å². The fraction of sp³-hybridized carbons (Fsp3) is 0.533. The Labute approximate surface area is 129 Å². The van der Waals surface area contributed by atoms with Gasteiger partial charge < -0.3 is 9.47 Å². The number of methoxy groups -OCH3 is 1. The van der Waals surface area contributed by atoms with E-state index in [4.69, 9.17) is 9.47 Å². The summed E-state index contributed by atoms with van der Waals surface area (Å²) in [5, 5.41) is 0. The van der Waals surface area contributed by atoms with E-state index < -0.39 is 0 Å². The van der Waals surface area contributed by atoms with Crippen LogP contribution in [0, 0.1) is 5.92 Å². The summed E-state index contributed by atoms with van der Waals surface area (Å²) in [6.07, 6.45) is 0. The molecule has 0 fully saturated rings. The van der Waals surface area contributed by atoms with Crippen molar-refractivity contribution in [1.29, 1.82) is 0 Å². The third-order valence-electron chi connectivity index (χ3n) is 3.06. The van der Waals surface area contributed by atoms with Gasteiger partial charge in [0.15, 0.2) is 0 Å². The van der Waals surface area contributed by atoms with E-state index in [1.54, 1.807) is 0 Å². The molecule has 0 radical (unpaired) electrons. The van der Waals surface area contributed by atoms with Gasteiger partial charge in [0.05, 0.1) is 13.0 Å². The summed E-state index contributed by atoms with van der Waals surface area (Å²) in [7, 11) is 1.42. The fourth-order valence-electron chi connectivity index (χ4n) is 1.89. The maximum absolute atomic E-state index is 11.4. The third-order valence-corrected chi connectivity index (χ3v) is 3.55. The highest BCUT2D eigenvalue weighted by Crippen LogP contribution is 2.17. The Morgan fingerprint density at radius 2 is 2.20 bits per heavy atom. The van der Waals surface area contributed by atoms with E-state index in [9.17, 15) is 4.79 Å². The summed E-state index contributed by atoms with van der Waals surface area (Å²) in [5.74, 6) is 0.554. The number of halogens is 1. The lowest BCUT2D eigenvalue weighted by Crippen LogP contribution is -2.35. The van der Waals surface area contributed by atoms with E-state index in [-0.39, 0.29) is 11.9 Å². The predicted molar refractivity (Wildman–Crippen MR) is 82.9 cm³/mol. The molecule has 1 atom stereocenters. The molecule has 1 unspecified atom stereocenters. The van der Waals surface area contributed by atoms with Crippen LogP contribution in [0.1, 0.15) is 13.8 Å². The quantitative estimate of drug-likeness (QED) is 0.680.